The summed E-state index contributed by atoms with van der Waals surface area (Å²) in [4.78, 5) is 51.9. The number of nitrogens with one attached hydrogen (secondary N) is 2. The van der Waals surface area contributed by atoms with Gasteiger partial charge in [-0.2, -0.15) is 0 Å². The summed E-state index contributed by atoms with van der Waals surface area (Å²) >= 11 is 2.95. The average molecular weight is 719 g/mol. The van der Waals surface area contributed by atoms with E-state index in [-0.39, 0.29) is 35.7 Å². The van der Waals surface area contributed by atoms with E-state index in [1.165, 1.54) is 29.8 Å². The van der Waals surface area contributed by atoms with Gasteiger partial charge in [-0.25, -0.2) is 24.7 Å². The van der Waals surface area contributed by atoms with Crippen molar-refractivity contribution in [1.82, 2.24) is 36.1 Å². The topological polar surface area (TPSA) is 226 Å². The number of aromatic nitrogens is 6. The highest BCUT2D eigenvalue weighted by Crippen LogP contribution is 2.29. The van der Waals surface area contributed by atoms with Gasteiger partial charge in [0, 0.05) is 28.3 Å². The Balaban J connectivity index is 0.000000240. The van der Waals surface area contributed by atoms with Gasteiger partial charge >= 0.3 is 5.97 Å². The molecule has 0 fully saturated rings. The summed E-state index contributed by atoms with van der Waals surface area (Å²) in [6.07, 6.45) is 3.30. The Kier molecular flexibility index (Phi) is 14.1. The first kappa shape index (κ1) is 39.3. The van der Waals surface area contributed by atoms with Gasteiger partial charge in [-0.15, -0.1) is 22.7 Å². The SMILES string of the molecule is CC(C)O.COC(=O)c1nc(N[C@@H](C)c2ccccn2)nc2cc(C)sc12.Cc1cc2nc(N[C@@H](C)c3ccccn3)nc(C(N)=O)c2s1.N. The fourth-order valence-electron chi connectivity index (χ4n) is 4.43. The van der Waals surface area contributed by atoms with E-state index in [1.807, 2.05) is 76.2 Å². The third-order valence-electron chi connectivity index (χ3n) is 6.56. The Morgan fingerprint density at radius 2 is 1.18 bits per heavy atom. The van der Waals surface area contributed by atoms with E-state index in [1.54, 1.807) is 26.2 Å². The summed E-state index contributed by atoms with van der Waals surface area (Å²) in [5, 5.41) is 14.4. The molecular weight excluding hydrogens is 677 g/mol. The Morgan fingerprint density at radius 1 is 0.760 bits per heavy atom. The Labute approximate surface area is 298 Å². The first-order valence-electron chi connectivity index (χ1n) is 15.3. The van der Waals surface area contributed by atoms with Gasteiger partial charge in [0.15, 0.2) is 11.4 Å². The molecule has 0 unspecified atom stereocenters. The molecule has 50 heavy (non-hydrogen) atoms. The number of methoxy groups -OCH3 is 1. The lowest BCUT2D eigenvalue weighted by Crippen LogP contribution is -2.17. The normalized spacial score (nSPS) is 11.7. The molecule has 0 saturated carbocycles. The van der Waals surface area contributed by atoms with E-state index in [2.05, 4.69) is 40.5 Å². The van der Waals surface area contributed by atoms with E-state index >= 15 is 0 Å². The molecule has 6 heterocycles. The summed E-state index contributed by atoms with van der Waals surface area (Å²) in [7, 11) is 1.35. The Hall–Kier alpha value is -5.16. The van der Waals surface area contributed by atoms with Crippen LogP contribution in [-0.4, -0.2) is 60.1 Å². The number of aliphatic hydroxyl groups excluding tert-OH is 1. The number of thiophene rings is 2. The maximum atomic E-state index is 12.0. The van der Waals surface area contributed by atoms with Crippen LogP contribution in [0.1, 0.15) is 81.9 Å². The molecule has 16 heteroatoms. The number of hydrogen-bond donors (Lipinski definition) is 5. The number of hydrogen-bond acceptors (Lipinski definition) is 15. The highest BCUT2D eigenvalue weighted by Gasteiger charge is 2.19. The lowest BCUT2D eigenvalue weighted by atomic mass is 10.2. The maximum absolute atomic E-state index is 12.0. The highest BCUT2D eigenvalue weighted by atomic mass is 32.1. The third kappa shape index (κ3) is 10.4. The first-order valence-corrected chi connectivity index (χ1v) is 17.0. The predicted octanol–water partition coefficient (Wildman–Crippen LogP) is 6.57. The number of aryl methyl sites for hydroxylation is 2. The largest absolute Gasteiger partial charge is 0.464 e. The van der Waals surface area contributed by atoms with Crippen LogP contribution in [0.2, 0.25) is 0 Å². The fraction of sp³-hybridized carbons (Fsp3) is 0.294. The second-order valence-electron chi connectivity index (χ2n) is 11.1. The molecule has 0 aliphatic rings. The van der Waals surface area contributed by atoms with E-state index in [0.29, 0.717) is 11.9 Å². The van der Waals surface area contributed by atoms with Crippen LogP contribution >= 0.6 is 22.7 Å². The van der Waals surface area contributed by atoms with Crippen molar-refractivity contribution in [1.29, 1.82) is 0 Å². The molecule has 0 bridgehead atoms. The van der Waals surface area contributed by atoms with Crippen LogP contribution in [0.5, 0.6) is 0 Å². The number of primary amides is 1. The van der Waals surface area contributed by atoms with Gasteiger partial charge in [-0.05, 0) is 77.9 Å². The zero-order valence-electron chi connectivity index (χ0n) is 29.0. The lowest BCUT2D eigenvalue weighted by molar-refractivity contribution is 0.0596. The van der Waals surface area contributed by atoms with Gasteiger partial charge < -0.3 is 32.4 Å². The van der Waals surface area contributed by atoms with Crippen molar-refractivity contribution in [3.63, 3.8) is 0 Å². The maximum Gasteiger partial charge on any atom is 0.358 e. The van der Waals surface area contributed by atoms with Crippen LogP contribution in [0.15, 0.2) is 60.9 Å². The van der Waals surface area contributed by atoms with Crippen molar-refractivity contribution in [2.45, 2.75) is 59.7 Å². The number of carbonyl (C=O) groups excluding carboxylic acids is 2. The summed E-state index contributed by atoms with van der Waals surface area (Å²) in [5.41, 5.74) is 9.17. The number of pyridine rings is 2. The second-order valence-corrected chi connectivity index (χ2v) is 13.6. The van der Waals surface area contributed by atoms with Crippen LogP contribution in [0.3, 0.4) is 0 Å². The first-order chi connectivity index (χ1) is 23.4. The molecule has 14 nitrogen and oxygen atoms in total. The Bertz CT molecular complexity index is 2020. The van der Waals surface area contributed by atoms with Gasteiger partial charge in [0.05, 0.1) is 51.0 Å². The van der Waals surface area contributed by atoms with Crippen LogP contribution in [-0.2, 0) is 4.74 Å². The predicted molar refractivity (Wildman–Crippen MR) is 199 cm³/mol. The molecule has 8 N–H and O–H groups in total. The summed E-state index contributed by atoms with van der Waals surface area (Å²) in [6.45, 7) is 11.3. The molecule has 1 amide bonds. The molecule has 0 aliphatic carbocycles. The number of esters is 1. The molecular formula is C34H42N10O4S2. The van der Waals surface area contributed by atoms with E-state index in [4.69, 9.17) is 15.6 Å². The third-order valence-corrected chi connectivity index (χ3v) is 8.65. The number of anilines is 2. The fourth-order valence-corrected chi connectivity index (χ4v) is 6.30. The number of amides is 1. The summed E-state index contributed by atoms with van der Waals surface area (Å²) in [5.74, 6) is -0.262. The number of fused-ring (bicyclic) bond motifs is 2. The smallest absolute Gasteiger partial charge is 0.358 e. The van der Waals surface area contributed by atoms with Crippen molar-refractivity contribution in [3.05, 3.63) is 93.5 Å². The van der Waals surface area contributed by atoms with E-state index in [0.717, 1.165) is 41.6 Å². The van der Waals surface area contributed by atoms with Crippen LogP contribution in [0, 0.1) is 13.8 Å². The molecule has 0 aliphatic heterocycles. The second kappa shape index (κ2) is 18.0. The van der Waals surface area contributed by atoms with Crippen molar-refractivity contribution in [2.24, 2.45) is 5.73 Å². The molecule has 2 atom stereocenters. The molecule has 6 aromatic rings. The van der Waals surface area contributed by atoms with Crippen molar-refractivity contribution in [2.75, 3.05) is 17.7 Å². The van der Waals surface area contributed by atoms with Crippen molar-refractivity contribution in [3.8, 4) is 0 Å². The van der Waals surface area contributed by atoms with Gasteiger partial charge in [-0.1, -0.05) is 12.1 Å². The zero-order valence-corrected chi connectivity index (χ0v) is 30.6. The van der Waals surface area contributed by atoms with Crippen LogP contribution < -0.4 is 22.5 Å². The number of rotatable bonds is 8. The number of nitrogens with zero attached hydrogens (tertiary/aromatic N) is 6. The van der Waals surface area contributed by atoms with Gasteiger partial charge in [0.1, 0.15) is 0 Å². The average Bonchev–Trinajstić information content (AvgIpc) is 3.64. The molecule has 0 saturated heterocycles. The van der Waals surface area contributed by atoms with E-state index in [9.17, 15) is 9.59 Å². The number of carbonyl (C=O) groups is 2. The van der Waals surface area contributed by atoms with Gasteiger partial charge in [0.2, 0.25) is 11.9 Å². The standard InChI is InChI=1S/C16H16N4O2S.C15H15N5OS.C3H8O.H3N/c1-9-8-12-14(23-9)13(15(21)22-3)20-16(19-12)18-10(2)11-6-4-5-7-17-11;1-8-7-11-13(22-8)12(14(16)21)20-15(19-11)18-9(2)10-5-3-4-6-17-10;1-3(2)4;/h4-8,10H,1-3H3,(H,18,19,20);3-7,9H,1-2H3,(H2,16,21)(H,18,19,20);3-4H,1-2H3;1H3/t10-;9-;;/m00../s1. The summed E-state index contributed by atoms with van der Waals surface area (Å²) < 4.78 is 6.30. The monoisotopic (exact) mass is 718 g/mol. The lowest BCUT2D eigenvalue weighted by Gasteiger charge is -2.13. The van der Waals surface area contributed by atoms with Crippen molar-refractivity contribution >= 4 is 66.9 Å². The van der Waals surface area contributed by atoms with Crippen LogP contribution in [0.25, 0.3) is 20.4 Å². The number of ether oxygens (including phenoxy) is 1. The minimum Gasteiger partial charge on any atom is -0.464 e. The molecule has 6 rings (SSSR count). The minimum atomic E-state index is -0.553. The van der Waals surface area contributed by atoms with Crippen molar-refractivity contribution < 1.29 is 19.4 Å². The van der Waals surface area contributed by atoms with Gasteiger partial charge in [0.25, 0.3) is 5.91 Å². The Morgan fingerprint density at radius 3 is 1.56 bits per heavy atom. The zero-order chi connectivity index (χ0) is 35.7. The molecule has 0 aromatic carbocycles. The minimum absolute atomic E-state index is 0. The molecule has 0 spiro atoms. The molecule has 264 valence electrons. The number of aliphatic hydroxyl groups is 1. The highest BCUT2D eigenvalue weighted by molar-refractivity contribution is 7.19. The summed E-state index contributed by atoms with van der Waals surface area (Å²) in [6, 6.07) is 15.1. The quantitative estimate of drug-likeness (QED) is 0.105. The van der Waals surface area contributed by atoms with E-state index < -0.39 is 11.9 Å². The van der Waals surface area contributed by atoms with Crippen LogP contribution in [0.4, 0.5) is 11.9 Å². The molecule has 6 aromatic heterocycles. The molecule has 0 radical (unpaired) electrons. The van der Waals surface area contributed by atoms with Gasteiger partial charge in [-0.3, -0.25) is 14.8 Å². The number of nitrogens with two attached hydrogens (primary N) is 1.